The molecular formula is C23H28F3N3O4S2. The summed E-state index contributed by atoms with van der Waals surface area (Å²) in [5.41, 5.74) is -2.49. The molecule has 192 valence electrons. The third-order valence-corrected chi connectivity index (χ3v) is 10.5. The maximum Gasteiger partial charge on any atom is 0.421 e. The zero-order chi connectivity index (χ0) is 25.0. The molecule has 3 saturated heterocycles. The van der Waals surface area contributed by atoms with E-state index in [1.807, 2.05) is 0 Å². The Hall–Kier alpha value is -1.70. The minimum Gasteiger partial charge on any atom is -0.376 e. The second-order valence-electron chi connectivity index (χ2n) is 9.56. The smallest absolute Gasteiger partial charge is 0.376 e. The van der Waals surface area contributed by atoms with Gasteiger partial charge in [-0.05, 0) is 42.5 Å². The van der Waals surface area contributed by atoms with Crippen molar-refractivity contribution in [3.8, 4) is 0 Å². The Bertz CT molecular complexity index is 1140. The van der Waals surface area contributed by atoms with Gasteiger partial charge < -0.3 is 14.7 Å². The van der Waals surface area contributed by atoms with Crippen molar-refractivity contribution in [2.45, 2.75) is 47.5 Å². The standard InChI is InChI=1S/C23H28F3N3O4S2/c1-22(30,23(24,25)26)16-4-6-17(7-5-16)29-9-8-28(35(31,32)21-3-2-10-34-21)13-19(29)12-27-14-20-11-18(27)15-33-20/h2-7,10,18-20,30H,8-9,11-15H2,1H3/t18-,19-,20?,22-/m1/s1. The van der Waals surface area contributed by atoms with Gasteiger partial charge in [-0.1, -0.05) is 18.2 Å². The number of alkyl halides is 3. The summed E-state index contributed by atoms with van der Waals surface area (Å²) in [6.07, 6.45) is -3.63. The fourth-order valence-corrected chi connectivity index (χ4v) is 7.81. The van der Waals surface area contributed by atoms with E-state index in [2.05, 4.69) is 9.80 Å². The second-order valence-corrected chi connectivity index (χ2v) is 12.7. The van der Waals surface area contributed by atoms with Crippen LogP contribution in [0.4, 0.5) is 18.9 Å². The first-order chi connectivity index (χ1) is 16.5. The third-order valence-electron chi connectivity index (χ3n) is 7.31. The van der Waals surface area contributed by atoms with Crippen molar-refractivity contribution in [3.63, 3.8) is 0 Å². The number of ether oxygens (including phenoxy) is 1. The van der Waals surface area contributed by atoms with Crippen LogP contribution in [0.15, 0.2) is 46.0 Å². The van der Waals surface area contributed by atoms with Crippen LogP contribution in [0.25, 0.3) is 0 Å². The number of hydrogen-bond acceptors (Lipinski definition) is 7. The van der Waals surface area contributed by atoms with E-state index in [1.54, 1.807) is 29.6 Å². The Morgan fingerprint density at radius 3 is 2.46 bits per heavy atom. The van der Waals surface area contributed by atoms with Crippen molar-refractivity contribution in [3.05, 3.63) is 47.3 Å². The van der Waals surface area contributed by atoms with Crippen molar-refractivity contribution in [1.29, 1.82) is 0 Å². The lowest BCUT2D eigenvalue weighted by molar-refractivity contribution is -0.258. The zero-order valence-electron chi connectivity index (χ0n) is 19.2. The molecule has 4 heterocycles. The molecule has 7 nitrogen and oxygen atoms in total. The fourth-order valence-electron chi connectivity index (χ4n) is 5.19. The van der Waals surface area contributed by atoms with Crippen LogP contribution >= 0.6 is 11.3 Å². The van der Waals surface area contributed by atoms with E-state index in [-0.39, 0.29) is 30.8 Å². The lowest BCUT2D eigenvalue weighted by atomic mass is 9.95. The summed E-state index contributed by atoms with van der Waals surface area (Å²) in [6, 6.07) is 9.16. The largest absolute Gasteiger partial charge is 0.421 e. The Labute approximate surface area is 206 Å². The van der Waals surface area contributed by atoms with Gasteiger partial charge in [0, 0.05) is 44.5 Å². The van der Waals surface area contributed by atoms with Crippen LogP contribution in [0.3, 0.4) is 0 Å². The average Bonchev–Trinajstić information content (AvgIpc) is 3.57. The molecular weight excluding hydrogens is 503 g/mol. The summed E-state index contributed by atoms with van der Waals surface area (Å²) < 4.78 is 73.7. The van der Waals surface area contributed by atoms with Gasteiger partial charge in [0.2, 0.25) is 0 Å². The molecule has 2 aromatic rings. The number of likely N-dealkylation sites (tertiary alicyclic amines) is 1. The van der Waals surface area contributed by atoms with Crippen LogP contribution in [-0.2, 0) is 20.4 Å². The van der Waals surface area contributed by atoms with Gasteiger partial charge in [-0.2, -0.15) is 17.5 Å². The number of nitrogens with zero attached hydrogens (tertiary/aromatic N) is 3. The summed E-state index contributed by atoms with van der Waals surface area (Å²) in [5.74, 6) is 0. The number of morpholine rings is 1. The summed E-state index contributed by atoms with van der Waals surface area (Å²) >= 11 is 1.18. The molecule has 4 atom stereocenters. The van der Waals surface area contributed by atoms with Crippen LogP contribution in [0.1, 0.15) is 18.9 Å². The summed E-state index contributed by atoms with van der Waals surface area (Å²) in [5, 5.41) is 11.7. The highest BCUT2D eigenvalue weighted by atomic mass is 32.2. The van der Waals surface area contributed by atoms with Crippen molar-refractivity contribution in [2.24, 2.45) is 0 Å². The van der Waals surface area contributed by atoms with Gasteiger partial charge in [0.25, 0.3) is 10.0 Å². The predicted molar refractivity (Wildman–Crippen MR) is 126 cm³/mol. The molecule has 1 unspecified atom stereocenters. The van der Waals surface area contributed by atoms with Crippen LogP contribution in [0, 0.1) is 0 Å². The molecule has 3 aliphatic rings. The second kappa shape index (κ2) is 9.00. The van der Waals surface area contributed by atoms with Crippen molar-refractivity contribution in [1.82, 2.24) is 9.21 Å². The van der Waals surface area contributed by atoms with Crippen molar-refractivity contribution in [2.75, 3.05) is 44.2 Å². The maximum atomic E-state index is 13.3. The van der Waals surface area contributed by atoms with Gasteiger partial charge in [-0.15, -0.1) is 11.3 Å². The monoisotopic (exact) mass is 531 g/mol. The molecule has 12 heteroatoms. The normalized spacial score (nSPS) is 27.9. The molecule has 3 aliphatic heterocycles. The number of rotatable bonds is 6. The number of hydrogen-bond donors (Lipinski definition) is 1. The number of halogens is 3. The van der Waals surface area contributed by atoms with Gasteiger partial charge in [-0.3, -0.25) is 4.90 Å². The molecule has 3 fully saturated rings. The molecule has 0 radical (unpaired) electrons. The van der Waals surface area contributed by atoms with E-state index in [0.717, 1.165) is 19.9 Å². The number of benzene rings is 1. The molecule has 0 saturated carbocycles. The molecule has 1 N–H and O–H groups in total. The molecule has 0 spiro atoms. The Kier molecular flexibility index (Phi) is 6.42. The summed E-state index contributed by atoms with van der Waals surface area (Å²) in [6.45, 7) is 3.77. The number of sulfonamides is 1. The quantitative estimate of drug-likeness (QED) is 0.618. The molecule has 2 bridgehead atoms. The number of fused-ring (bicyclic) bond motifs is 2. The van der Waals surface area contributed by atoms with Gasteiger partial charge >= 0.3 is 6.18 Å². The van der Waals surface area contributed by atoms with Gasteiger partial charge in [0.05, 0.1) is 18.8 Å². The van der Waals surface area contributed by atoms with E-state index < -0.39 is 21.8 Å². The lowest BCUT2D eigenvalue weighted by Crippen LogP contribution is -2.59. The van der Waals surface area contributed by atoms with Gasteiger partial charge in [0.15, 0.2) is 5.60 Å². The Morgan fingerprint density at radius 2 is 1.89 bits per heavy atom. The molecule has 35 heavy (non-hydrogen) atoms. The first kappa shape index (κ1) is 25.0. The Balaban J connectivity index is 1.40. The molecule has 0 amide bonds. The maximum absolute atomic E-state index is 13.3. The fraction of sp³-hybridized carbons (Fsp3) is 0.565. The predicted octanol–water partition coefficient (Wildman–Crippen LogP) is 2.87. The van der Waals surface area contributed by atoms with Crippen LogP contribution in [0.5, 0.6) is 0 Å². The molecule has 1 aromatic heterocycles. The van der Waals surface area contributed by atoms with Crippen molar-refractivity contribution >= 4 is 27.0 Å². The number of aliphatic hydroxyl groups is 1. The zero-order valence-corrected chi connectivity index (χ0v) is 20.8. The number of piperazine rings is 1. The number of thiophene rings is 1. The average molecular weight is 532 g/mol. The van der Waals surface area contributed by atoms with E-state index in [1.165, 1.54) is 27.8 Å². The molecule has 1 aromatic carbocycles. The third kappa shape index (κ3) is 4.60. The van der Waals surface area contributed by atoms with E-state index >= 15 is 0 Å². The number of anilines is 1. The first-order valence-electron chi connectivity index (χ1n) is 11.5. The molecule has 0 aliphatic carbocycles. The minimum absolute atomic E-state index is 0.188. The highest BCUT2D eigenvalue weighted by Gasteiger charge is 2.51. The molecule has 5 rings (SSSR count). The SMILES string of the molecule is C[C@@](O)(c1ccc(N2CCN(S(=O)(=O)c3cccs3)C[C@H]2CN2CC3C[C@@H]2CO3)cc1)C(F)(F)F. The lowest BCUT2D eigenvalue weighted by Gasteiger charge is -2.44. The Morgan fingerprint density at radius 1 is 1.14 bits per heavy atom. The summed E-state index contributed by atoms with van der Waals surface area (Å²) in [7, 11) is -3.62. The van der Waals surface area contributed by atoms with Crippen LogP contribution in [-0.4, -0.2) is 86.4 Å². The van der Waals surface area contributed by atoms with Crippen molar-refractivity contribution < 1.29 is 31.4 Å². The highest BCUT2D eigenvalue weighted by molar-refractivity contribution is 7.91. The summed E-state index contributed by atoms with van der Waals surface area (Å²) in [4.78, 5) is 4.40. The highest BCUT2D eigenvalue weighted by Crippen LogP contribution is 2.39. The topological polar surface area (TPSA) is 73.3 Å². The van der Waals surface area contributed by atoms with Crippen LogP contribution < -0.4 is 4.90 Å². The van der Waals surface area contributed by atoms with E-state index in [0.29, 0.717) is 35.6 Å². The first-order valence-corrected chi connectivity index (χ1v) is 13.8. The minimum atomic E-state index is -4.80. The van der Waals surface area contributed by atoms with Gasteiger partial charge in [-0.25, -0.2) is 8.42 Å². The van der Waals surface area contributed by atoms with Gasteiger partial charge in [0.1, 0.15) is 4.21 Å². The van der Waals surface area contributed by atoms with Crippen LogP contribution in [0.2, 0.25) is 0 Å². The van der Waals surface area contributed by atoms with E-state index in [9.17, 15) is 26.7 Å². The van der Waals surface area contributed by atoms with E-state index in [4.69, 9.17) is 4.74 Å².